The molecule has 7 heteroatoms. The number of benzene rings is 1. The van der Waals surface area contributed by atoms with Crippen LogP contribution in [-0.4, -0.2) is 19.7 Å². The minimum absolute atomic E-state index is 0.409. The number of hydrogen-bond acceptors (Lipinski definition) is 5. The van der Waals surface area contributed by atoms with Gasteiger partial charge in [-0.15, -0.1) is 11.8 Å². The second kappa shape index (κ2) is 3.70. The summed E-state index contributed by atoms with van der Waals surface area (Å²) in [5.74, 6) is 0. The fraction of sp³-hybridized carbons (Fsp3) is 0.125. The van der Waals surface area contributed by atoms with Gasteiger partial charge in [-0.1, -0.05) is 0 Å². The Kier molecular flexibility index (Phi) is 2.66. The van der Waals surface area contributed by atoms with E-state index < -0.39 is 14.3 Å². The van der Waals surface area contributed by atoms with E-state index in [0.717, 1.165) is 4.90 Å². The Bertz CT molecular complexity index is 605. The summed E-state index contributed by atoms with van der Waals surface area (Å²) in [7, 11) is 1.22. The van der Waals surface area contributed by atoms with Crippen LogP contribution in [0.15, 0.2) is 32.7 Å². The Hall–Kier alpha value is -0.720. The van der Waals surface area contributed by atoms with Crippen LogP contribution in [-0.2, 0) is 9.05 Å². The Morgan fingerprint density at radius 1 is 1.47 bits per heavy atom. The van der Waals surface area contributed by atoms with E-state index in [0.29, 0.717) is 11.1 Å². The van der Waals surface area contributed by atoms with Crippen LogP contribution in [0.5, 0.6) is 0 Å². The van der Waals surface area contributed by atoms with Crippen LogP contribution in [0.2, 0.25) is 0 Å². The highest BCUT2D eigenvalue weighted by atomic mass is 35.7. The first-order valence-electron chi connectivity index (χ1n) is 3.90. The predicted molar refractivity (Wildman–Crippen MR) is 58.8 cm³/mol. The van der Waals surface area contributed by atoms with Gasteiger partial charge in [-0.05, 0) is 24.5 Å². The quantitative estimate of drug-likeness (QED) is 0.615. The van der Waals surface area contributed by atoms with Gasteiger partial charge in [0.05, 0.1) is 0 Å². The van der Waals surface area contributed by atoms with Gasteiger partial charge < -0.3 is 4.42 Å². The third kappa shape index (κ3) is 2.11. The van der Waals surface area contributed by atoms with Gasteiger partial charge in [0.15, 0.2) is 5.58 Å². The average Bonchev–Trinajstić information content (AvgIpc) is 2.59. The maximum Gasteiger partial charge on any atom is 0.332 e. The Morgan fingerprint density at radius 3 is 2.80 bits per heavy atom. The standard InChI is InChI=1S/C8H6ClNO3S2/c1-14-5-2-3-7-6(4-5)10-8(13-7)15(9,11)12/h2-4H,1H3. The molecule has 1 heterocycles. The van der Waals surface area contributed by atoms with Gasteiger partial charge in [0.1, 0.15) is 5.52 Å². The van der Waals surface area contributed by atoms with Gasteiger partial charge in [0.25, 0.3) is 0 Å². The van der Waals surface area contributed by atoms with E-state index in [9.17, 15) is 8.42 Å². The van der Waals surface area contributed by atoms with E-state index in [-0.39, 0.29) is 0 Å². The largest absolute Gasteiger partial charge is 0.427 e. The van der Waals surface area contributed by atoms with Gasteiger partial charge in [0, 0.05) is 15.6 Å². The molecule has 0 spiro atoms. The van der Waals surface area contributed by atoms with Crippen molar-refractivity contribution in [2.24, 2.45) is 0 Å². The first-order chi connectivity index (χ1) is 7.00. The lowest BCUT2D eigenvalue weighted by molar-refractivity contribution is 0.464. The van der Waals surface area contributed by atoms with E-state index in [1.54, 1.807) is 12.1 Å². The van der Waals surface area contributed by atoms with Crippen molar-refractivity contribution in [3.05, 3.63) is 18.2 Å². The lowest BCUT2D eigenvalue weighted by Gasteiger charge is -1.92. The molecule has 0 amide bonds. The van der Waals surface area contributed by atoms with E-state index in [1.807, 2.05) is 12.3 Å². The van der Waals surface area contributed by atoms with E-state index >= 15 is 0 Å². The summed E-state index contributed by atoms with van der Waals surface area (Å²) < 4.78 is 26.9. The summed E-state index contributed by atoms with van der Waals surface area (Å²) in [5.41, 5.74) is 0.896. The number of oxazole rings is 1. The Morgan fingerprint density at radius 2 is 2.20 bits per heavy atom. The summed E-state index contributed by atoms with van der Waals surface area (Å²) in [5, 5.41) is -0.461. The zero-order chi connectivity index (χ0) is 11.1. The molecular formula is C8H6ClNO3S2. The van der Waals surface area contributed by atoms with Crippen LogP contribution >= 0.6 is 22.4 Å². The van der Waals surface area contributed by atoms with Crippen LogP contribution in [0.3, 0.4) is 0 Å². The highest BCUT2D eigenvalue weighted by Gasteiger charge is 2.18. The third-order valence-electron chi connectivity index (χ3n) is 1.78. The second-order valence-electron chi connectivity index (χ2n) is 2.75. The molecule has 2 aromatic rings. The Labute approximate surface area is 95.0 Å². The normalized spacial score (nSPS) is 12.1. The van der Waals surface area contributed by atoms with Crippen molar-refractivity contribution in [1.82, 2.24) is 4.98 Å². The predicted octanol–water partition coefficient (Wildman–Crippen LogP) is 2.48. The molecular weight excluding hydrogens is 258 g/mol. The second-order valence-corrected chi connectivity index (χ2v) is 6.07. The molecule has 0 aliphatic heterocycles. The van der Waals surface area contributed by atoms with Crippen LogP contribution in [0.4, 0.5) is 0 Å². The van der Waals surface area contributed by atoms with Crippen molar-refractivity contribution in [2.75, 3.05) is 6.26 Å². The fourth-order valence-corrected chi connectivity index (χ4v) is 2.15. The summed E-state index contributed by atoms with van der Waals surface area (Å²) >= 11 is 1.54. The van der Waals surface area contributed by atoms with Crippen molar-refractivity contribution in [3.63, 3.8) is 0 Å². The lowest BCUT2D eigenvalue weighted by atomic mass is 10.3. The summed E-state index contributed by atoms with van der Waals surface area (Å²) in [6.45, 7) is 0. The monoisotopic (exact) mass is 263 g/mol. The molecule has 0 aliphatic carbocycles. The maximum absolute atomic E-state index is 11.0. The molecule has 0 saturated carbocycles. The average molecular weight is 264 g/mol. The lowest BCUT2D eigenvalue weighted by Crippen LogP contribution is -1.88. The molecule has 0 atom stereocenters. The number of halogens is 1. The van der Waals surface area contributed by atoms with Crippen LogP contribution in [0.1, 0.15) is 0 Å². The molecule has 0 aliphatic rings. The molecule has 0 unspecified atom stereocenters. The molecule has 0 saturated heterocycles. The molecule has 0 radical (unpaired) electrons. The van der Waals surface area contributed by atoms with Crippen molar-refractivity contribution in [1.29, 1.82) is 0 Å². The molecule has 15 heavy (non-hydrogen) atoms. The van der Waals surface area contributed by atoms with Crippen molar-refractivity contribution >= 4 is 42.6 Å². The zero-order valence-electron chi connectivity index (χ0n) is 7.60. The molecule has 0 fully saturated rings. The molecule has 0 N–H and O–H groups in total. The molecule has 1 aromatic heterocycles. The van der Waals surface area contributed by atoms with Gasteiger partial charge in [-0.3, -0.25) is 0 Å². The van der Waals surface area contributed by atoms with E-state index in [2.05, 4.69) is 4.98 Å². The molecule has 2 rings (SSSR count). The highest BCUT2D eigenvalue weighted by molar-refractivity contribution is 8.13. The number of aromatic nitrogens is 1. The number of rotatable bonds is 2. The first-order valence-corrected chi connectivity index (χ1v) is 7.43. The van der Waals surface area contributed by atoms with Crippen LogP contribution in [0.25, 0.3) is 11.1 Å². The Balaban J connectivity index is 2.66. The summed E-state index contributed by atoms with van der Waals surface area (Å²) in [4.78, 5) is 4.77. The highest BCUT2D eigenvalue weighted by Crippen LogP contribution is 2.25. The summed E-state index contributed by atoms with van der Waals surface area (Å²) in [6.07, 6.45) is 1.92. The van der Waals surface area contributed by atoms with Crippen molar-refractivity contribution < 1.29 is 12.8 Å². The number of hydrogen-bond donors (Lipinski definition) is 0. The molecule has 4 nitrogen and oxygen atoms in total. The zero-order valence-corrected chi connectivity index (χ0v) is 9.99. The van der Waals surface area contributed by atoms with Gasteiger partial charge in [0.2, 0.25) is 0 Å². The van der Waals surface area contributed by atoms with Gasteiger partial charge in [-0.2, -0.15) is 4.98 Å². The van der Waals surface area contributed by atoms with Crippen LogP contribution in [0, 0.1) is 0 Å². The fourth-order valence-electron chi connectivity index (χ4n) is 1.12. The number of fused-ring (bicyclic) bond motifs is 1. The minimum Gasteiger partial charge on any atom is -0.427 e. The number of thioether (sulfide) groups is 1. The SMILES string of the molecule is CSc1ccc2oc(S(=O)(=O)Cl)nc2c1. The maximum atomic E-state index is 11.0. The molecule has 1 aromatic carbocycles. The van der Waals surface area contributed by atoms with Gasteiger partial charge >= 0.3 is 14.3 Å². The van der Waals surface area contributed by atoms with E-state index in [1.165, 1.54) is 11.8 Å². The number of nitrogens with zero attached hydrogens (tertiary/aromatic N) is 1. The smallest absolute Gasteiger partial charge is 0.332 e. The molecule has 0 bridgehead atoms. The van der Waals surface area contributed by atoms with Crippen LogP contribution < -0.4 is 0 Å². The molecule has 80 valence electrons. The summed E-state index contributed by atoms with van der Waals surface area (Å²) in [6, 6.07) is 5.23. The topological polar surface area (TPSA) is 60.2 Å². The first kappa shape index (κ1) is 10.8. The van der Waals surface area contributed by atoms with E-state index in [4.69, 9.17) is 15.1 Å². The van der Waals surface area contributed by atoms with Crippen molar-refractivity contribution in [2.45, 2.75) is 10.1 Å². The third-order valence-corrected chi connectivity index (χ3v) is 3.50. The van der Waals surface area contributed by atoms with Crippen molar-refractivity contribution in [3.8, 4) is 0 Å². The minimum atomic E-state index is -3.90. The van der Waals surface area contributed by atoms with Gasteiger partial charge in [-0.25, -0.2) is 8.42 Å².